The van der Waals surface area contributed by atoms with E-state index in [0.717, 1.165) is 12.1 Å². The van der Waals surface area contributed by atoms with Crippen molar-refractivity contribution in [1.82, 2.24) is 0 Å². The molecular formula is C10H12F3N. The van der Waals surface area contributed by atoms with E-state index < -0.39 is 23.7 Å². The van der Waals surface area contributed by atoms with Gasteiger partial charge in [0.25, 0.3) is 5.92 Å². The quantitative estimate of drug-likeness (QED) is 0.802. The van der Waals surface area contributed by atoms with Gasteiger partial charge in [0, 0.05) is 6.42 Å². The first-order valence-electron chi connectivity index (χ1n) is 4.32. The van der Waals surface area contributed by atoms with Crippen molar-refractivity contribution in [3.05, 3.63) is 35.1 Å². The highest BCUT2D eigenvalue weighted by Gasteiger charge is 2.33. The fourth-order valence-electron chi connectivity index (χ4n) is 1.23. The fraction of sp³-hybridized carbons (Fsp3) is 0.400. The van der Waals surface area contributed by atoms with Gasteiger partial charge >= 0.3 is 0 Å². The number of aryl methyl sites for hydroxylation is 1. The summed E-state index contributed by atoms with van der Waals surface area (Å²) < 4.78 is 39.6. The summed E-state index contributed by atoms with van der Waals surface area (Å²) in [6.45, 7) is 1.48. The third-order valence-corrected chi connectivity index (χ3v) is 1.98. The van der Waals surface area contributed by atoms with Crippen LogP contribution < -0.4 is 5.73 Å². The minimum atomic E-state index is -3.17. The van der Waals surface area contributed by atoms with Crippen molar-refractivity contribution < 1.29 is 13.2 Å². The second kappa shape index (κ2) is 4.00. The van der Waals surface area contributed by atoms with Crippen LogP contribution >= 0.6 is 0 Å². The average Bonchev–Trinajstić information content (AvgIpc) is 2.02. The second-order valence-electron chi connectivity index (χ2n) is 3.23. The number of halogens is 3. The van der Waals surface area contributed by atoms with Gasteiger partial charge in [0.2, 0.25) is 0 Å². The van der Waals surface area contributed by atoms with Crippen molar-refractivity contribution in [3.8, 4) is 0 Å². The van der Waals surface area contributed by atoms with E-state index in [1.165, 1.54) is 6.07 Å². The van der Waals surface area contributed by atoms with Crippen LogP contribution in [-0.2, 0) is 5.92 Å². The Morgan fingerprint density at radius 1 is 1.36 bits per heavy atom. The number of nitrogens with two attached hydrogens (primary N) is 1. The van der Waals surface area contributed by atoms with E-state index in [-0.39, 0.29) is 6.54 Å². The van der Waals surface area contributed by atoms with E-state index in [2.05, 4.69) is 0 Å². The number of alkyl halides is 2. The predicted molar refractivity (Wildman–Crippen MR) is 48.7 cm³/mol. The minimum absolute atomic E-state index is 0.166. The van der Waals surface area contributed by atoms with Crippen molar-refractivity contribution in [2.45, 2.75) is 19.3 Å². The van der Waals surface area contributed by atoms with Gasteiger partial charge in [-0.2, -0.15) is 0 Å². The lowest BCUT2D eigenvalue weighted by atomic mass is 10.0. The summed E-state index contributed by atoms with van der Waals surface area (Å²) in [7, 11) is 0. The molecule has 0 radical (unpaired) electrons. The standard InChI is InChI=1S/C10H12F3N/c1-7-2-3-8(9(11)6-7)10(12,13)4-5-14/h2-3,6H,4-5,14H2,1H3. The molecule has 78 valence electrons. The largest absolute Gasteiger partial charge is 0.330 e. The summed E-state index contributed by atoms with van der Waals surface area (Å²) in [6, 6.07) is 3.67. The molecule has 0 unspecified atom stereocenters. The molecule has 0 atom stereocenters. The Labute approximate surface area is 80.7 Å². The van der Waals surface area contributed by atoms with E-state index in [1.807, 2.05) is 0 Å². The monoisotopic (exact) mass is 203 g/mol. The molecule has 14 heavy (non-hydrogen) atoms. The number of hydrogen-bond donors (Lipinski definition) is 1. The smallest absolute Gasteiger partial charge is 0.277 e. The molecule has 0 amide bonds. The fourth-order valence-corrected chi connectivity index (χ4v) is 1.23. The van der Waals surface area contributed by atoms with Crippen molar-refractivity contribution >= 4 is 0 Å². The molecule has 4 heteroatoms. The normalized spacial score (nSPS) is 11.8. The molecule has 0 heterocycles. The first-order valence-corrected chi connectivity index (χ1v) is 4.32. The molecular weight excluding hydrogens is 191 g/mol. The first kappa shape index (κ1) is 11.0. The molecule has 1 nitrogen and oxygen atoms in total. The molecule has 1 aromatic carbocycles. The third kappa shape index (κ3) is 2.26. The van der Waals surface area contributed by atoms with E-state index in [1.54, 1.807) is 6.92 Å². The summed E-state index contributed by atoms with van der Waals surface area (Å²) in [6.07, 6.45) is -0.535. The third-order valence-electron chi connectivity index (χ3n) is 1.98. The van der Waals surface area contributed by atoms with Crippen molar-refractivity contribution in [1.29, 1.82) is 0 Å². The van der Waals surface area contributed by atoms with Gasteiger partial charge < -0.3 is 5.73 Å². The zero-order chi connectivity index (χ0) is 10.8. The molecule has 2 N–H and O–H groups in total. The van der Waals surface area contributed by atoms with E-state index in [0.29, 0.717) is 5.56 Å². The van der Waals surface area contributed by atoms with Gasteiger partial charge in [-0.25, -0.2) is 13.2 Å². The van der Waals surface area contributed by atoms with Crippen LogP contribution in [-0.4, -0.2) is 6.54 Å². The molecule has 0 saturated carbocycles. The Balaban J connectivity index is 3.06. The molecule has 0 fully saturated rings. The number of hydrogen-bond acceptors (Lipinski definition) is 1. The highest BCUT2D eigenvalue weighted by atomic mass is 19.3. The highest BCUT2D eigenvalue weighted by molar-refractivity contribution is 5.26. The topological polar surface area (TPSA) is 26.0 Å². The molecule has 0 spiro atoms. The minimum Gasteiger partial charge on any atom is -0.330 e. The maximum Gasteiger partial charge on any atom is 0.277 e. The lowest BCUT2D eigenvalue weighted by Crippen LogP contribution is -2.20. The van der Waals surface area contributed by atoms with E-state index in [9.17, 15) is 13.2 Å². The summed E-state index contributed by atoms with van der Waals surface area (Å²) in [5.41, 5.74) is 5.07. The number of benzene rings is 1. The lowest BCUT2D eigenvalue weighted by molar-refractivity contribution is -0.0141. The van der Waals surface area contributed by atoms with Crippen molar-refractivity contribution in [3.63, 3.8) is 0 Å². The zero-order valence-corrected chi connectivity index (χ0v) is 7.86. The van der Waals surface area contributed by atoms with E-state index >= 15 is 0 Å². The Bertz CT molecular complexity index is 323. The summed E-state index contributed by atoms with van der Waals surface area (Å²) in [5, 5.41) is 0. The summed E-state index contributed by atoms with van der Waals surface area (Å²) in [4.78, 5) is 0. The predicted octanol–water partition coefficient (Wildman–Crippen LogP) is 2.57. The Hall–Kier alpha value is -1.03. The Kier molecular flexibility index (Phi) is 3.16. The molecule has 0 aliphatic heterocycles. The van der Waals surface area contributed by atoms with Crippen molar-refractivity contribution in [2.24, 2.45) is 5.73 Å². The van der Waals surface area contributed by atoms with Crippen LogP contribution in [0.4, 0.5) is 13.2 Å². The Morgan fingerprint density at radius 2 is 2.00 bits per heavy atom. The molecule has 0 aliphatic rings. The average molecular weight is 203 g/mol. The zero-order valence-electron chi connectivity index (χ0n) is 7.86. The summed E-state index contributed by atoms with van der Waals surface area (Å²) >= 11 is 0. The van der Waals surface area contributed by atoms with Crippen LogP contribution in [0.25, 0.3) is 0 Å². The second-order valence-corrected chi connectivity index (χ2v) is 3.23. The molecule has 0 bridgehead atoms. The highest BCUT2D eigenvalue weighted by Crippen LogP contribution is 2.33. The summed E-state index contributed by atoms with van der Waals surface area (Å²) in [5.74, 6) is -4.05. The van der Waals surface area contributed by atoms with Gasteiger partial charge in [0.05, 0.1) is 5.56 Å². The van der Waals surface area contributed by atoms with Gasteiger partial charge in [-0.1, -0.05) is 6.07 Å². The van der Waals surface area contributed by atoms with Crippen LogP contribution in [0.3, 0.4) is 0 Å². The van der Waals surface area contributed by atoms with Gasteiger partial charge in [0.15, 0.2) is 0 Å². The van der Waals surface area contributed by atoms with Gasteiger partial charge in [0.1, 0.15) is 5.82 Å². The molecule has 0 saturated heterocycles. The maximum atomic E-state index is 13.2. The van der Waals surface area contributed by atoms with Crippen LogP contribution in [0, 0.1) is 12.7 Å². The first-order chi connectivity index (χ1) is 6.47. The molecule has 1 rings (SSSR count). The Morgan fingerprint density at radius 3 is 2.50 bits per heavy atom. The van der Waals surface area contributed by atoms with E-state index in [4.69, 9.17) is 5.73 Å². The van der Waals surface area contributed by atoms with Crippen LogP contribution in [0.15, 0.2) is 18.2 Å². The SMILES string of the molecule is Cc1ccc(C(F)(F)CCN)c(F)c1. The lowest BCUT2D eigenvalue weighted by Gasteiger charge is -2.16. The van der Waals surface area contributed by atoms with Crippen LogP contribution in [0.5, 0.6) is 0 Å². The maximum absolute atomic E-state index is 13.2. The van der Waals surface area contributed by atoms with Crippen molar-refractivity contribution in [2.75, 3.05) is 6.54 Å². The number of rotatable bonds is 3. The molecule has 0 aromatic heterocycles. The van der Waals surface area contributed by atoms with Crippen LogP contribution in [0.2, 0.25) is 0 Å². The van der Waals surface area contributed by atoms with Gasteiger partial charge in [-0.3, -0.25) is 0 Å². The van der Waals surface area contributed by atoms with Gasteiger partial charge in [-0.05, 0) is 31.2 Å². The molecule has 0 aliphatic carbocycles. The van der Waals surface area contributed by atoms with Crippen LogP contribution in [0.1, 0.15) is 17.5 Å². The molecule has 1 aromatic rings. The van der Waals surface area contributed by atoms with Gasteiger partial charge in [-0.15, -0.1) is 0 Å².